The van der Waals surface area contributed by atoms with Gasteiger partial charge in [-0.3, -0.25) is 4.68 Å². The fourth-order valence-corrected chi connectivity index (χ4v) is 4.95. The van der Waals surface area contributed by atoms with Crippen LogP contribution in [0, 0.1) is 20.8 Å². The lowest BCUT2D eigenvalue weighted by atomic mass is 10.3. The molecule has 0 bridgehead atoms. The van der Waals surface area contributed by atoms with E-state index in [9.17, 15) is 13.2 Å². The molecule has 144 valence electrons. The van der Waals surface area contributed by atoms with Crippen molar-refractivity contribution in [3.05, 3.63) is 33.5 Å². The lowest BCUT2D eigenvalue weighted by molar-refractivity contribution is 0.0520. The third kappa shape index (κ3) is 3.49. The van der Waals surface area contributed by atoms with Crippen molar-refractivity contribution in [2.75, 3.05) is 6.61 Å². The van der Waals surface area contributed by atoms with Crippen LogP contribution in [0.4, 0.5) is 0 Å². The quantitative estimate of drug-likeness (QED) is 0.586. The van der Waals surface area contributed by atoms with Gasteiger partial charge in [-0.2, -0.15) is 18.5 Å². The predicted molar refractivity (Wildman–Crippen MR) is 97.0 cm³/mol. The second-order valence-corrected chi connectivity index (χ2v) is 8.23. The number of carbonyl (C=O) groups excluding carboxylic acids is 1. The lowest BCUT2D eigenvalue weighted by Crippen LogP contribution is -2.15. The van der Waals surface area contributed by atoms with E-state index in [1.165, 1.54) is 14.0 Å². The smallest absolute Gasteiger partial charge is 0.343 e. The number of carbonyl (C=O) groups is 1. The van der Waals surface area contributed by atoms with Crippen LogP contribution in [-0.4, -0.2) is 44.5 Å². The number of ether oxygens (including phenoxy) is 1. The molecule has 0 radical (unpaired) electrons. The molecule has 0 atom stereocenters. The Morgan fingerprint density at radius 3 is 2.67 bits per heavy atom. The highest BCUT2D eigenvalue weighted by molar-refractivity contribution is 7.90. The van der Waals surface area contributed by atoms with Gasteiger partial charge in [0.25, 0.3) is 0 Å². The maximum atomic E-state index is 12.9. The lowest BCUT2D eigenvalue weighted by Gasteiger charge is -2.03. The Hall–Kier alpha value is -2.60. The molecule has 12 heteroatoms. The van der Waals surface area contributed by atoms with Crippen LogP contribution in [-0.2, 0) is 21.8 Å². The summed E-state index contributed by atoms with van der Waals surface area (Å²) in [4.78, 5) is 20.7. The number of aryl methyl sites for hydroxylation is 4. The predicted octanol–water partition coefficient (Wildman–Crippen LogP) is 0.916. The number of rotatable bonds is 4. The van der Waals surface area contributed by atoms with Crippen molar-refractivity contribution in [2.24, 2.45) is 11.4 Å². The monoisotopic (exact) mass is 410 g/mol. The highest BCUT2D eigenvalue weighted by atomic mass is 32.2. The van der Waals surface area contributed by atoms with E-state index in [0.29, 0.717) is 5.78 Å². The van der Waals surface area contributed by atoms with Gasteiger partial charge < -0.3 is 4.74 Å². The number of hydrogen-bond acceptors (Lipinski definition) is 8. The molecule has 0 fully saturated rings. The minimum Gasteiger partial charge on any atom is -0.462 e. The number of nitrogens with zero attached hydrogens (tertiary/aromatic N) is 6. The number of aromatic nitrogens is 5. The van der Waals surface area contributed by atoms with Gasteiger partial charge in [-0.05, 0) is 45.3 Å². The van der Waals surface area contributed by atoms with E-state index >= 15 is 0 Å². The summed E-state index contributed by atoms with van der Waals surface area (Å²) in [7, 11) is -2.83. The summed E-state index contributed by atoms with van der Waals surface area (Å²) >= 11 is 1.04. The Bertz CT molecular complexity index is 1220. The van der Waals surface area contributed by atoms with Crippen molar-refractivity contribution in [1.82, 2.24) is 23.5 Å². The van der Waals surface area contributed by atoms with Gasteiger partial charge in [-0.15, -0.1) is 4.40 Å². The van der Waals surface area contributed by atoms with Crippen molar-refractivity contribution in [2.45, 2.75) is 32.7 Å². The highest BCUT2D eigenvalue weighted by Crippen LogP contribution is 2.21. The second kappa shape index (κ2) is 6.85. The SMILES string of the molecule is CCOC(=O)c1c(C)nn(C)c1S(=O)(=O)N=c1nc2nc(C)cc(C)n2s1. The van der Waals surface area contributed by atoms with Crippen molar-refractivity contribution in [3.8, 4) is 0 Å². The van der Waals surface area contributed by atoms with E-state index in [1.807, 2.05) is 19.9 Å². The van der Waals surface area contributed by atoms with Gasteiger partial charge in [0.2, 0.25) is 10.6 Å². The van der Waals surface area contributed by atoms with Crippen LogP contribution in [0.25, 0.3) is 5.78 Å². The third-order valence-electron chi connectivity index (χ3n) is 3.66. The number of hydrogen-bond donors (Lipinski definition) is 0. The average molecular weight is 410 g/mol. The molecule has 0 saturated carbocycles. The van der Waals surface area contributed by atoms with Crippen LogP contribution in [0.2, 0.25) is 0 Å². The maximum Gasteiger partial charge on any atom is 0.343 e. The molecule has 0 N–H and O–H groups in total. The minimum atomic E-state index is -4.26. The van der Waals surface area contributed by atoms with Crippen LogP contribution < -0.4 is 4.80 Å². The first-order valence-electron chi connectivity index (χ1n) is 8.00. The molecule has 0 aliphatic heterocycles. The molecule has 0 unspecified atom stereocenters. The Morgan fingerprint density at radius 1 is 1.30 bits per heavy atom. The number of esters is 1. The van der Waals surface area contributed by atoms with Crippen molar-refractivity contribution in [1.29, 1.82) is 0 Å². The van der Waals surface area contributed by atoms with Crippen LogP contribution >= 0.6 is 11.5 Å². The van der Waals surface area contributed by atoms with Crippen LogP contribution in [0.3, 0.4) is 0 Å². The molecule has 0 aromatic carbocycles. The molecular formula is C15H18N6O4S2. The first-order valence-corrected chi connectivity index (χ1v) is 10.2. The summed E-state index contributed by atoms with van der Waals surface area (Å²) in [5.41, 5.74) is 1.75. The van der Waals surface area contributed by atoms with Gasteiger partial charge in [0.1, 0.15) is 5.56 Å². The van der Waals surface area contributed by atoms with E-state index in [0.717, 1.165) is 27.6 Å². The molecule has 3 aromatic heterocycles. The molecule has 0 aliphatic rings. The normalized spacial score (nSPS) is 12.7. The van der Waals surface area contributed by atoms with Crippen molar-refractivity contribution in [3.63, 3.8) is 0 Å². The molecule has 3 rings (SSSR count). The fraction of sp³-hybridized carbons (Fsp3) is 0.400. The Morgan fingerprint density at radius 2 is 2.00 bits per heavy atom. The van der Waals surface area contributed by atoms with E-state index in [4.69, 9.17) is 4.74 Å². The van der Waals surface area contributed by atoms with Crippen LogP contribution in [0.15, 0.2) is 15.5 Å². The first kappa shape index (κ1) is 19.2. The highest BCUT2D eigenvalue weighted by Gasteiger charge is 2.30. The minimum absolute atomic E-state index is 0.00450. The summed E-state index contributed by atoms with van der Waals surface area (Å²) in [6.07, 6.45) is 0. The zero-order valence-electron chi connectivity index (χ0n) is 15.4. The van der Waals surface area contributed by atoms with Gasteiger partial charge in [0.15, 0.2) is 5.03 Å². The molecule has 0 amide bonds. The standard InChI is InChI=1S/C15H18N6O4S2/c1-6-25-13(22)11-10(4)18-20(5)12(11)27(23,24)19-15-17-14-16-8(2)7-9(3)21(14)26-15/h7H,6H2,1-5H3. The van der Waals surface area contributed by atoms with Gasteiger partial charge in [-0.1, -0.05) is 0 Å². The largest absolute Gasteiger partial charge is 0.462 e. The van der Waals surface area contributed by atoms with Crippen LogP contribution in [0.1, 0.15) is 34.4 Å². The molecule has 3 heterocycles. The molecule has 0 aliphatic carbocycles. The Kier molecular flexibility index (Phi) is 4.86. The van der Waals surface area contributed by atoms with Crippen molar-refractivity contribution >= 4 is 33.3 Å². The van der Waals surface area contributed by atoms with Gasteiger partial charge in [-0.25, -0.2) is 13.6 Å². The second-order valence-electron chi connectivity index (χ2n) is 5.79. The van der Waals surface area contributed by atoms with E-state index in [2.05, 4.69) is 19.5 Å². The topological polar surface area (TPSA) is 121 Å². The van der Waals surface area contributed by atoms with E-state index in [-0.39, 0.29) is 27.7 Å². The maximum absolute atomic E-state index is 12.9. The summed E-state index contributed by atoms with van der Waals surface area (Å²) in [6, 6.07) is 1.85. The summed E-state index contributed by atoms with van der Waals surface area (Å²) < 4.78 is 37.3. The van der Waals surface area contributed by atoms with Gasteiger partial charge >= 0.3 is 16.0 Å². The molecule has 10 nitrogen and oxygen atoms in total. The van der Waals surface area contributed by atoms with Crippen LogP contribution in [0.5, 0.6) is 0 Å². The average Bonchev–Trinajstić information content (AvgIpc) is 3.07. The summed E-state index contributed by atoms with van der Waals surface area (Å²) in [6.45, 7) is 6.97. The third-order valence-corrected chi connectivity index (χ3v) is 6.12. The zero-order valence-corrected chi connectivity index (χ0v) is 17.1. The number of fused-ring (bicyclic) bond motifs is 1. The van der Waals surface area contributed by atoms with Crippen molar-refractivity contribution < 1.29 is 17.9 Å². The molecule has 27 heavy (non-hydrogen) atoms. The van der Waals surface area contributed by atoms with Gasteiger partial charge in [0, 0.05) is 18.4 Å². The fourth-order valence-electron chi connectivity index (χ4n) is 2.68. The van der Waals surface area contributed by atoms with E-state index < -0.39 is 16.0 Å². The van der Waals surface area contributed by atoms with Gasteiger partial charge in [0.05, 0.1) is 12.3 Å². The van der Waals surface area contributed by atoms with E-state index in [1.54, 1.807) is 10.7 Å². The Balaban J connectivity index is 2.20. The Labute approximate surface area is 159 Å². The molecule has 0 saturated heterocycles. The molecule has 3 aromatic rings. The summed E-state index contributed by atoms with van der Waals surface area (Å²) in [5, 5.41) is 3.70. The summed E-state index contributed by atoms with van der Waals surface area (Å²) in [5.74, 6) is -0.401. The first-order chi connectivity index (χ1) is 12.6. The molecule has 0 spiro atoms. The molecular weight excluding hydrogens is 392 g/mol. The number of sulfonamides is 1. The zero-order chi connectivity index (χ0) is 19.9.